The Kier molecular flexibility index (Phi) is 11.3. The van der Waals surface area contributed by atoms with E-state index in [1.807, 2.05) is 19.0 Å². The molecule has 146 valence electrons. The van der Waals surface area contributed by atoms with Crippen molar-refractivity contribution in [3.05, 3.63) is 0 Å². The number of amides is 2. The van der Waals surface area contributed by atoms with Crippen molar-refractivity contribution >= 4 is 13.9 Å². The van der Waals surface area contributed by atoms with Crippen LogP contribution in [0.1, 0.15) is 90.9 Å². The van der Waals surface area contributed by atoms with Gasteiger partial charge in [0.1, 0.15) is 7.85 Å². The highest BCUT2D eigenvalue weighted by Gasteiger charge is 2.19. The summed E-state index contributed by atoms with van der Waals surface area (Å²) < 4.78 is 0. The van der Waals surface area contributed by atoms with E-state index < -0.39 is 0 Å². The lowest BCUT2D eigenvalue weighted by Gasteiger charge is -2.30. The summed E-state index contributed by atoms with van der Waals surface area (Å²) in [6, 6.07) is 0.440. The summed E-state index contributed by atoms with van der Waals surface area (Å²) in [4.78, 5) is 16.0. The lowest BCUT2D eigenvalue weighted by Crippen LogP contribution is -2.43. The first kappa shape index (κ1) is 22.4. The fraction of sp³-hybridized carbons (Fsp3) is 0.952. The second-order valence-corrected chi connectivity index (χ2v) is 8.85. The van der Waals surface area contributed by atoms with Crippen LogP contribution in [0.15, 0.2) is 0 Å². The predicted octanol–water partition coefficient (Wildman–Crippen LogP) is 5.11. The fourth-order valence-electron chi connectivity index (χ4n) is 4.16. The topological polar surface area (TPSA) is 23.6 Å². The predicted molar refractivity (Wildman–Crippen MR) is 112 cm³/mol. The molecule has 2 amide bonds. The molecule has 2 atom stereocenters. The molecule has 0 aliphatic heterocycles. The molecule has 1 aliphatic carbocycles. The maximum Gasteiger partial charge on any atom is 0.319 e. The van der Waals surface area contributed by atoms with Crippen LogP contribution in [0.2, 0.25) is 5.82 Å². The normalized spacial score (nSPS) is 23.6. The Morgan fingerprint density at radius 3 is 2.04 bits per heavy atom. The molecule has 25 heavy (non-hydrogen) atoms. The van der Waals surface area contributed by atoms with E-state index in [1.54, 1.807) is 4.90 Å². The number of nitrogens with zero attached hydrogens (tertiary/aromatic N) is 2. The van der Waals surface area contributed by atoms with Gasteiger partial charge in [-0.05, 0) is 32.6 Å². The van der Waals surface area contributed by atoms with Crippen molar-refractivity contribution in [3.63, 3.8) is 0 Å². The Balaban J connectivity index is 2.41. The van der Waals surface area contributed by atoms with Crippen molar-refractivity contribution < 1.29 is 4.79 Å². The molecule has 1 saturated carbocycles. The quantitative estimate of drug-likeness (QED) is 0.632. The first-order valence-corrected chi connectivity index (χ1v) is 10.9. The molecule has 1 fully saturated rings. The second-order valence-electron chi connectivity index (χ2n) is 8.85. The molecular weight excluding hydrogens is 307 g/mol. The third-order valence-electron chi connectivity index (χ3n) is 5.88. The highest BCUT2D eigenvalue weighted by Crippen LogP contribution is 2.27. The smallest absolute Gasteiger partial charge is 0.319 e. The van der Waals surface area contributed by atoms with Crippen LogP contribution in [0.5, 0.6) is 0 Å². The molecule has 0 aromatic carbocycles. The van der Waals surface area contributed by atoms with Gasteiger partial charge in [0, 0.05) is 26.7 Å². The van der Waals surface area contributed by atoms with Crippen LogP contribution in [0.25, 0.3) is 0 Å². The largest absolute Gasteiger partial charge is 0.331 e. The van der Waals surface area contributed by atoms with Gasteiger partial charge in [0.05, 0.1) is 0 Å². The zero-order valence-corrected chi connectivity index (χ0v) is 17.7. The Morgan fingerprint density at radius 2 is 1.48 bits per heavy atom. The molecule has 1 rings (SSSR count). The van der Waals surface area contributed by atoms with Gasteiger partial charge in [0.25, 0.3) is 0 Å². The Labute approximate surface area is 158 Å². The fourth-order valence-corrected chi connectivity index (χ4v) is 4.16. The minimum atomic E-state index is 0.155. The standard InChI is InChI=1S/C21H43BN2O/c1-18(2)24(21(25)23(3)4)17-11-14-19-12-7-5-6-8-15-20(22)16-10-9-13-19/h18-20H,5-17,22H2,1-4H3. The highest BCUT2D eigenvalue weighted by molar-refractivity contribution is 6.11. The summed E-state index contributed by atoms with van der Waals surface area (Å²) in [5.74, 6) is 1.80. The van der Waals surface area contributed by atoms with Crippen molar-refractivity contribution in [2.45, 2.75) is 103 Å². The maximum absolute atomic E-state index is 12.3. The third-order valence-corrected chi connectivity index (χ3v) is 5.88. The molecule has 1 aliphatic rings. The number of hydrogen-bond donors (Lipinski definition) is 0. The van der Waals surface area contributed by atoms with Gasteiger partial charge in [-0.25, -0.2) is 4.79 Å². The minimum Gasteiger partial charge on any atom is -0.331 e. The van der Waals surface area contributed by atoms with E-state index in [-0.39, 0.29) is 12.1 Å². The Hall–Kier alpha value is -0.665. The van der Waals surface area contributed by atoms with E-state index in [9.17, 15) is 4.79 Å². The molecule has 0 heterocycles. The first-order valence-electron chi connectivity index (χ1n) is 10.9. The van der Waals surface area contributed by atoms with E-state index in [2.05, 4.69) is 21.7 Å². The van der Waals surface area contributed by atoms with Crippen LogP contribution in [0.3, 0.4) is 0 Å². The van der Waals surface area contributed by atoms with Gasteiger partial charge < -0.3 is 9.80 Å². The molecule has 0 bridgehead atoms. The monoisotopic (exact) mass is 350 g/mol. The summed E-state index contributed by atoms with van der Waals surface area (Å²) in [7, 11) is 6.14. The van der Waals surface area contributed by atoms with Gasteiger partial charge in [0.2, 0.25) is 0 Å². The summed E-state index contributed by atoms with van der Waals surface area (Å²) in [6.45, 7) is 5.15. The zero-order valence-electron chi connectivity index (χ0n) is 17.7. The third kappa shape index (κ3) is 9.56. The minimum absolute atomic E-state index is 0.155. The Morgan fingerprint density at radius 1 is 0.960 bits per heavy atom. The first-order chi connectivity index (χ1) is 11.9. The van der Waals surface area contributed by atoms with Crippen LogP contribution in [-0.2, 0) is 0 Å². The lowest BCUT2D eigenvalue weighted by molar-refractivity contribution is 0.154. The lowest BCUT2D eigenvalue weighted by atomic mass is 9.78. The summed E-state index contributed by atoms with van der Waals surface area (Å²) in [5, 5.41) is 0. The molecule has 0 saturated heterocycles. The highest BCUT2D eigenvalue weighted by atomic mass is 16.2. The van der Waals surface area contributed by atoms with E-state index in [4.69, 9.17) is 0 Å². The van der Waals surface area contributed by atoms with Crippen LogP contribution < -0.4 is 0 Å². The van der Waals surface area contributed by atoms with Crippen molar-refractivity contribution in [2.75, 3.05) is 20.6 Å². The molecule has 4 heteroatoms. The van der Waals surface area contributed by atoms with Gasteiger partial charge in [-0.15, -0.1) is 0 Å². The van der Waals surface area contributed by atoms with Crippen LogP contribution in [0, 0.1) is 5.92 Å². The number of rotatable bonds is 5. The van der Waals surface area contributed by atoms with Crippen LogP contribution in [-0.4, -0.2) is 50.4 Å². The van der Waals surface area contributed by atoms with Gasteiger partial charge in [0.15, 0.2) is 0 Å². The molecule has 0 aromatic rings. The molecule has 0 aromatic heterocycles. The summed E-state index contributed by atoms with van der Waals surface area (Å²) >= 11 is 0. The van der Waals surface area contributed by atoms with Gasteiger partial charge in [-0.1, -0.05) is 70.0 Å². The average molecular weight is 350 g/mol. The molecule has 0 N–H and O–H groups in total. The van der Waals surface area contributed by atoms with E-state index in [1.165, 1.54) is 70.6 Å². The molecule has 2 unspecified atom stereocenters. The van der Waals surface area contributed by atoms with Gasteiger partial charge >= 0.3 is 6.03 Å². The number of hydrogen-bond acceptors (Lipinski definition) is 1. The van der Waals surface area contributed by atoms with Crippen molar-refractivity contribution in [1.82, 2.24) is 9.80 Å². The maximum atomic E-state index is 12.3. The SMILES string of the molecule is BC1CCCCCCC(CCCN(C(=O)N(C)C)C(C)C)CCCC1. The van der Waals surface area contributed by atoms with E-state index >= 15 is 0 Å². The molecule has 3 nitrogen and oxygen atoms in total. The van der Waals surface area contributed by atoms with E-state index in [0.29, 0.717) is 0 Å². The summed E-state index contributed by atoms with van der Waals surface area (Å²) in [6.07, 6.45) is 16.6. The van der Waals surface area contributed by atoms with Crippen LogP contribution in [0.4, 0.5) is 4.79 Å². The van der Waals surface area contributed by atoms with Gasteiger partial charge in [-0.2, -0.15) is 0 Å². The number of urea groups is 1. The second kappa shape index (κ2) is 12.6. The van der Waals surface area contributed by atoms with Crippen LogP contribution >= 0.6 is 0 Å². The molecular formula is C21H43BN2O. The zero-order chi connectivity index (χ0) is 18.7. The average Bonchev–Trinajstić information content (AvgIpc) is 2.55. The van der Waals surface area contributed by atoms with E-state index in [0.717, 1.165) is 24.7 Å². The van der Waals surface area contributed by atoms with Crippen molar-refractivity contribution in [1.29, 1.82) is 0 Å². The Bertz CT molecular complexity index is 360. The molecule has 0 radical (unpaired) electrons. The molecule has 0 spiro atoms. The van der Waals surface area contributed by atoms with Crippen molar-refractivity contribution in [2.24, 2.45) is 5.92 Å². The number of carbonyl (C=O) groups excluding carboxylic acids is 1. The van der Waals surface area contributed by atoms with Gasteiger partial charge in [-0.3, -0.25) is 0 Å². The summed E-state index contributed by atoms with van der Waals surface area (Å²) in [5.41, 5.74) is 0. The van der Waals surface area contributed by atoms with Crippen molar-refractivity contribution in [3.8, 4) is 0 Å². The number of carbonyl (C=O) groups is 1.